The van der Waals surface area contributed by atoms with Crippen LogP contribution in [0.4, 0.5) is 5.69 Å². The van der Waals surface area contributed by atoms with Crippen LogP contribution in [0.1, 0.15) is 16.6 Å². The highest BCUT2D eigenvalue weighted by Crippen LogP contribution is 2.33. The van der Waals surface area contributed by atoms with Crippen molar-refractivity contribution in [1.29, 1.82) is 0 Å². The first-order valence-corrected chi connectivity index (χ1v) is 9.57. The van der Waals surface area contributed by atoms with E-state index >= 15 is 0 Å². The number of fused-ring (bicyclic) bond motifs is 1. The summed E-state index contributed by atoms with van der Waals surface area (Å²) < 4.78 is 1.01. The maximum absolute atomic E-state index is 12.1. The van der Waals surface area contributed by atoms with Gasteiger partial charge in [-0.25, -0.2) is 4.79 Å². The van der Waals surface area contributed by atoms with Crippen molar-refractivity contribution < 1.29 is 9.63 Å². The van der Waals surface area contributed by atoms with E-state index in [1.54, 1.807) is 25.1 Å². The molecular formula is C18H12Cl3N3O2S. The Labute approximate surface area is 174 Å². The highest BCUT2D eigenvalue weighted by atomic mass is 35.5. The number of nitrogens with zero attached hydrogens (tertiary/aromatic N) is 2. The van der Waals surface area contributed by atoms with Crippen molar-refractivity contribution in [3.8, 4) is 0 Å². The molecule has 9 heteroatoms. The summed E-state index contributed by atoms with van der Waals surface area (Å²) in [6.07, 6.45) is 1.30. The standard InChI is InChI=1S/C18H12Cl3N3O2S/c1-10(23-24-17-13(20)7-12(19)8-14(17)21)9-22-26-18(25)16-6-11-4-2-3-5-15(11)27-16/h2-9,24H,1H3. The van der Waals surface area contributed by atoms with Crippen LogP contribution in [0.5, 0.6) is 0 Å². The number of halogens is 3. The van der Waals surface area contributed by atoms with Crippen molar-refractivity contribution in [2.24, 2.45) is 10.3 Å². The molecule has 1 heterocycles. The third-order valence-electron chi connectivity index (χ3n) is 3.35. The van der Waals surface area contributed by atoms with E-state index in [-0.39, 0.29) is 0 Å². The van der Waals surface area contributed by atoms with Crippen LogP contribution < -0.4 is 5.43 Å². The molecule has 5 nitrogen and oxygen atoms in total. The number of carbonyl (C=O) groups excluding carboxylic acids is 1. The van der Waals surface area contributed by atoms with Crippen LogP contribution in [0.15, 0.2) is 52.7 Å². The summed E-state index contributed by atoms with van der Waals surface area (Å²) in [5.74, 6) is -0.531. The zero-order valence-corrected chi connectivity index (χ0v) is 17.0. The summed E-state index contributed by atoms with van der Waals surface area (Å²) in [4.78, 5) is 17.4. The van der Waals surface area contributed by atoms with Gasteiger partial charge in [-0.05, 0) is 36.6 Å². The lowest BCUT2D eigenvalue weighted by atomic mass is 10.2. The van der Waals surface area contributed by atoms with Gasteiger partial charge < -0.3 is 4.84 Å². The lowest BCUT2D eigenvalue weighted by Crippen LogP contribution is -2.02. The molecular weight excluding hydrogens is 429 g/mol. The molecule has 0 bridgehead atoms. The molecule has 3 rings (SSSR count). The fraction of sp³-hybridized carbons (Fsp3) is 0.0556. The van der Waals surface area contributed by atoms with Crippen LogP contribution in [0.25, 0.3) is 10.1 Å². The van der Waals surface area contributed by atoms with E-state index < -0.39 is 5.97 Å². The summed E-state index contributed by atoms with van der Waals surface area (Å²) in [6, 6.07) is 12.6. The molecule has 0 saturated carbocycles. The molecule has 0 aliphatic carbocycles. The molecule has 138 valence electrons. The number of oxime groups is 1. The molecule has 1 aromatic heterocycles. The Balaban J connectivity index is 1.62. The van der Waals surface area contributed by atoms with Crippen molar-refractivity contribution in [3.63, 3.8) is 0 Å². The molecule has 0 aliphatic rings. The van der Waals surface area contributed by atoms with E-state index in [0.29, 0.717) is 31.3 Å². The number of anilines is 1. The van der Waals surface area contributed by atoms with E-state index in [1.807, 2.05) is 24.3 Å². The minimum Gasteiger partial charge on any atom is -0.312 e. The van der Waals surface area contributed by atoms with Gasteiger partial charge in [0.2, 0.25) is 0 Å². The van der Waals surface area contributed by atoms with Crippen LogP contribution in [0.3, 0.4) is 0 Å². The van der Waals surface area contributed by atoms with Crippen LogP contribution >= 0.6 is 46.1 Å². The van der Waals surface area contributed by atoms with Gasteiger partial charge in [-0.15, -0.1) is 11.3 Å². The molecule has 0 atom stereocenters. The topological polar surface area (TPSA) is 63.0 Å². The van der Waals surface area contributed by atoms with Gasteiger partial charge >= 0.3 is 5.97 Å². The monoisotopic (exact) mass is 439 g/mol. The van der Waals surface area contributed by atoms with Crippen molar-refractivity contribution >= 4 is 79.8 Å². The maximum atomic E-state index is 12.1. The summed E-state index contributed by atoms with van der Waals surface area (Å²) in [5, 5.41) is 9.80. The van der Waals surface area contributed by atoms with Gasteiger partial charge in [0.15, 0.2) is 0 Å². The molecule has 0 amide bonds. The number of hydrogen-bond acceptors (Lipinski definition) is 6. The number of hydrazone groups is 1. The SMILES string of the molecule is CC(C=NOC(=O)c1cc2ccccc2s1)=NNc1c(Cl)cc(Cl)cc1Cl. The lowest BCUT2D eigenvalue weighted by molar-refractivity contribution is 0.0525. The molecule has 0 aliphatic heterocycles. The van der Waals surface area contributed by atoms with Crippen LogP contribution in [-0.4, -0.2) is 17.9 Å². The van der Waals surface area contributed by atoms with Crippen LogP contribution in [-0.2, 0) is 4.84 Å². The number of rotatable bonds is 5. The van der Waals surface area contributed by atoms with Crippen molar-refractivity contribution in [1.82, 2.24) is 0 Å². The number of nitrogens with one attached hydrogen (secondary N) is 1. The lowest BCUT2D eigenvalue weighted by Gasteiger charge is -2.06. The molecule has 0 unspecified atom stereocenters. The van der Waals surface area contributed by atoms with Crippen molar-refractivity contribution in [3.05, 3.63) is 62.4 Å². The van der Waals surface area contributed by atoms with E-state index in [4.69, 9.17) is 39.6 Å². The highest BCUT2D eigenvalue weighted by molar-refractivity contribution is 7.20. The fourth-order valence-corrected chi connectivity index (χ4v) is 3.94. The second-order valence-electron chi connectivity index (χ2n) is 5.37. The number of hydrogen-bond donors (Lipinski definition) is 1. The minimum absolute atomic E-state index is 0.331. The molecule has 0 saturated heterocycles. The van der Waals surface area contributed by atoms with Crippen LogP contribution in [0.2, 0.25) is 15.1 Å². The Morgan fingerprint density at radius 1 is 1.15 bits per heavy atom. The van der Waals surface area contributed by atoms with Gasteiger partial charge in [-0.2, -0.15) is 5.10 Å². The number of thiophene rings is 1. The average molecular weight is 441 g/mol. The average Bonchev–Trinajstić information content (AvgIpc) is 3.05. The minimum atomic E-state index is -0.531. The second kappa shape index (κ2) is 8.71. The van der Waals surface area contributed by atoms with Gasteiger partial charge in [0, 0.05) is 9.72 Å². The Morgan fingerprint density at radius 2 is 1.85 bits per heavy atom. The predicted octanol–water partition coefficient (Wildman–Crippen LogP) is 6.49. The molecule has 3 aromatic rings. The van der Waals surface area contributed by atoms with Gasteiger partial charge in [-0.1, -0.05) is 58.2 Å². The number of carbonyl (C=O) groups is 1. The van der Waals surface area contributed by atoms with Crippen LogP contribution in [0, 0.1) is 0 Å². The van der Waals surface area contributed by atoms with Crippen molar-refractivity contribution in [2.75, 3.05) is 5.43 Å². The second-order valence-corrected chi connectivity index (χ2v) is 7.71. The zero-order chi connectivity index (χ0) is 19.4. The first-order chi connectivity index (χ1) is 12.9. The Kier molecular flexibility index (Phi) is 6.34. The largest absolute Gasteiger partial charge is 0.375 e. The predicted molar refractivity (Wildman–Crippen MR) is 114 cm³/mol. The Morgan fingerprint density at radius 3 is 2.56 bits per heavy atom. The smallest absolute Gasteiger partial charge is 0.312 e. The number of benzene rings is 2. The first kappa shape index (κ1) is 19.6. The fourth-order valence-electron chi connectivity index (χ4n) is 2.10. The highest BCUT2D eigenvalue weighted by Gasteiger charge is 2.11. The molecule has 0 fully saturated rings. The molecule has 2 aromatic carbocycles. The molecule has 0 spiro atoms. The summed E-state index contributed by atoms with van der Waals surface area (Å²) >= 11 is 19.3. The quantitative estimate of drug-likeness (QED) is 0.280. The normalized spacial score (nSPS) is 11.9. The van der Waals surface area contributed by atoms with Gasteiger partial charge in [0.05, 0.1) is 27.7 Å². The summed E-state index contributed by atoms with van der Waals surface area (Å²) in [6.45, 7) is 1.67. The van der Waals surface area contributed by atoms with Crippen molar-refractivity contribution in [2.45, 2.75) is 6.92 Å². The molecule has 27 heavy (non-hydrogen) atoms. The van der Waals surface area contributed by atoms with E-state index in [0.717, 1.165) is 10.1 Å². The third kappa shape index (κ3) is 4.99. The van der Waals surface area contributed by atoms with E-state index in [1.165, 1.54) is 17.6 Å². The zero-order valence-electron chi connectivity index (χ0n) is 13.9. The van der Waals surface area contributed by atoms with E-state index in [9.17, 15) is 4.79 Å². The Bertz CT molecular complexity index is 1010. The molecule has 0 radical (unpaired) electrons. The third-order valence-corrected chi connectivity index (χ3v) is 5.26. The van der Waals surface area contributed by atoms with Gasteiger partial charge in [0.1, 0.15) is 4.88 Å². The van der Waals surface area contributed by atoms with E-state index in [2.05, 4.69) is 15.7 Å². The van der Waals surface area contributed by atoms with Gasteiger partial charge in [-0.3, -0.25) is 5.43 Å². The Hall–Kier alpha value is -2.12. The summed E-state index contributed by atoms with van der Waals surface area (Å²) in [5.41, 5.74) is 3.59. The first-order valence-electron chi connectivity index (χ1n) is 7.62. The maximum Gasteiger partial charge on any atom is 0.375 e. The van der Waals surface area contributed by atoms with Gasteiger partial charge in [0.25, 0.3) is 0 Å². The summed E-state index contributed by atoms with van der Waals surface area (Å²) in [7, 11) is 0. The molecule has 1 N–H and O–H groups in total.